The Balaban J connectivity index is 2.21. The summed E-state index contributed by atoms with van der Waals surface area (Å²) < 4.78 is 5.44. The number of rotatable bonds is 4. The van der Waals surface area contributed by atoms with Crippen molar-refractivity contribution in [3.63, 3.8) is 0 Å². The third-order valence-electron chi connectivity index (χ3n) is 2.57. The molecule has 1 amide bonds. The van der Waals surface area contributed by atoms with Crippen molar-refractivity contribution >= 4 is 29.0 Å². The fraction of sp³-hybridized carbons (Fsp3) is 0.143. The van der Waals surface area contributed by atoms with Crippen LogP contribution in [0.25, 0.3) is 0 Å². The Morgan fingerprint density at radius 3 is 2.90 bits per heavy atom. The Kier molecular flexibility index (Phi) is 4.42. The summed E-state index contributed by atoms with van der Waals surface area (Å²) in [5.41, 5.74) is 6.43. The quantitative estimate of drug-likeness (QED) is 0.908. The molecule has 3 N–H and O–H groups in total. The topological polar surface area (TPSA) is 77.2 Å². The molecule has 1 heterocycles. The van der Waals surface area contributed by atoms with E-state index in [1.807, 2.05) is 19.1 Å². The zero-order valence-electron chi connectivity index (χ0n) is 10.9. The van der Waals surface area contributed by atoms with Gasteiger partial charge in [-0.15, -0.1) is 0 Å². The van der Waals surface area contributed by atoms with Crippen molar-refractivity contribution in [3.8, 4) is 5.75 Å². The van der Waals surface area contributed by atoms with Crippen LogP contribution in [0, 0.1) is 0 Å². The number of halogens is 1. The summed E-state index contributed by atoms with van der Waals surface area (Å²) in [6.07, 6.45) is 1.37. The Hall–Kier alpha value is -2.27. The van der Waals surface area contributed by atoms with Gasteiger partial charge in [-0.2, -0.15) is 0 Å². The van der Waals surface area contributed by atoms with Crippen molar-refractivity contribution in [3.05, 3.63) is 47.1 Å². The highest BCUT2D eigenvalue weighted by atomic mass is 35.5. The number of carbonyl (C=O) groups is 1. The number of ether oxygens (including phenoxy) is 1. The van der Waals surface area contributed by atoms with Gasteiger partial charge in [0.2, 0.25) is 0 Å². The number of anilines is 2. The van der Waals surface area contributed by atoms with Crippen LogP contribution in [0.5, 0.6) is 5.75 Å². The average molecular weight is 292 g/mol. The second-order valence-electron chi connectivity index (χ2n) is 3.97. The lowest BCUT2D eigenvalue weighted by atomic mass is 10.2. The number of hydrogen-bond donors (Lipinski definition) is 2. The number of benzene rings is 1. The summed E-state index contributed by atoms with van der Waals surface area (Å²) in [5.74, 6) is 0.474. The molecule has 0 saturated heterocycles. The Bertz CT molecular complexity index is 632. The molecule has 5 nitrogen and oxygen atoms in total. The molecule has 104 valence electrons. The van der Waals surface area contributed by atoms with E-state index in [9.17, 15) is 4.79 Å². The van der Waals surface area contributed by atoms with E-state index in [-0.39, 0.29) is 16.7 Å². The predicted octanol–water partition coefficient (Wildman–Crippen LogP) is 2.97. The van der Waals surface area contributed by atoms with Gasteiger partial charge in [-0.05, 0) is 25.1 Å². The Morgan fingerprint density at radius 1 is 1.45 bits per heavy atom. The van der Waals surface area contributed by atoms with Gasteiger partial charge in [0.1, 0.15) is 11.6 Å². The van der Waals surface area contributed by atoms with Crippen LogP contribution in [-0.2, 0) is 0 Å². The highest BCUT2D eigenvalue weighted by molar-refractivity contribution is 6.33. The molecule has 20 heavy (non-hydrogen) atoms. The largest absolute Gasteiger partial charge is 0.492 e. The first-order valence-corrected chi connectivity index (χ1v) is 6.43. The minimum atomic E-state index is -0.327. The highest BCUT2D eigenvalue weighted by Gasteiger charge is 2.11. The minimum Gasteiger partial charge on any atom is -0.492 e. The SMILES string of the molecule is CCOc1ccccc1NC(=O)c1cnc(N)c(Cl)c1. The molecule has 0 saturated carbocycles. The molecule has 0 spiro atoms. The average Bonchev–Trinajstić information content (AvgIpc) is 2.44. The molecule has 1 aromatic carbocycles. The maximum absolute atomic E-state index is 12.1. The van der Waals surface area contributed by atoms with Crippen molar-refractivity contribution < 1.29 is 9.53 Å². The summed E-state index contributed by atoms with van der Waals surface area (Å²) in [5, 5.41) is 3.00. The van der Waals surface area contributed by atoms with E-state index < -0.39 is 0 Å². The molecular weight excluding hydrogens is 278 g/mol. The van der Waals surface area contributed by atoms with Gasteiger partial charge in [-0.3, -0.25) is 4.79 Å². The lowest BCUT2D eigenvalue weighted by Gasteiger charge is -2.11. The number of nitrogens with two attached hydrogens (primary N) is 1. The zero-order valence-corrected chi connectivity index (χ0v) is 11.6. The second-order valence-corrected chi connectivity index (χ2v) is 4.38. The van der Waals surface area contributed by atoms with E-state index in [4.69, 9.17) is 22.1 Å². The van der Waals surface area contributed by atoms with Gasteiger partial charge < -0.3 is 15.8 Å². The smallest absolute Gasteiger partial charge is 0.257 e. The first-order chi connectivity index (χ1) is 9.61. The predicted molar refractivity (Wildman–Crippen MR) is 79.2 cm³/mol. The number of carbonyl (C=O) groups excluding carboxylic acids is 1. The van der Waals surface area contributed by atoms with Crippen LogP contribution >= 0.6 is 11.6 Å². The highest BCUT2D eigenvalue weighted by Crippen LogP contribution is 2.25. The van der Waals surface area contributed by atoms with Crippen molar-refractivity contribution in [2.24, 2.45) is 0 Å². The molecule has 0 bridgehead atoms. The number of aromatic nitrogens is 1. The molecule has 0 aliphatic heterocycles. The summed E-state index contributed by atoms with van der Waals surface area (Å²) in [6.45, 7) is 2.39. The summed E-state index contributed by atoms with van der Waals surface area (Å²) in [7, 11) is 0. The molecular formula is C14H14ClN3O2. The van der Waals surface area contributed by atoms with E-state index in [0.29, 0.717) is 23.6 Å². The van der Waals surface area contributed by atoms with Crippen LogP contribution in [-0.4, -0.2) is 17.5 Å². The molecule has 0 aliphatic rings. The van der Waals surface area contributed by atoms with Crippen LogP contribution < -0.4 is 15.8 Å². The van der Waals surface area contributed by atoms with Crippen LogP contribution in [0.1, 0.15) is 17.3 Å². The summed E-state index contributed by atoms with van der Waals surface area (Å²) in [4.78, 5) is 16.0. The first kappa shape index (κ1) is 14.1. The molecule has 0 aliphatic carbocycles. The van der Waals surface area contributed by atoms with E-state index in [1.54, 1.807) is 12.1 Å². The van der Waals surface area contributed by atoms with Crippen molar-refractivity contribution in [1.29, 1.82) is 0 Å². The summed E-state index contributed by atoms with van der Waals surface area (Å²) in [6, 6.07) is 8.67. The Morgan fingerprint density at radius 2 is 2.20 bits per heavy atom. The van der Waals surface area contributed by atoms with E-state index in [1.165, 1.54) is 12.3 Å². The molecule has 0 radical (unpaired) electrons. The van der Waals surface area contributed by atoms with Gasteiger partial charge in [-0.1, -0.05) is 23.7 Å². The fourth-order valence-electron chi connectivity index (χ4n) is 1.62. The first-order valence-electron chi connectivity index (χ1n) is 6.06. The van der Waals surface area contributed by atoms with Crippen molar-refractivity contribution in [2.75, 3.05) is 17.7 Å². The number of nitrogen functional groups attached to an aromatic ring is 1. The third kappa shape index (κ3) is 3.19. The molecule has 1 aromatic heterocycles. The fourth-order valence-corrected chi connectivity index (χ4v) is 1.78. The van der Waals surface area contributed by atoms with Gasteiger partial charge in [0.05, 0.1) is 22.9 Å². The molecule has 2 aromatic rings. The van der Waals surface area contributed by atoms with Gasteiger partial charge in [0.25, 0.3) is 5.91 Å². The molecule has 0 fully saturated rings. The van der Waals surface area contributed by atoms with E-state index in [0.717, 1.165) is 0 Å². The standard InChI is InChI=1S/C14H14ClN3O2/c1-2-20-12-6-4-3-5-11(12)18-14(19)9-7-10(15)13(16)17-8-9/h3-8H,2H2,1H3,(H2,16,17)(H,18,19). The Labute approximate surface area is 121 Å². The normalized spacial score (nSPS) is 10.1. The van der Waals surface area contributed by atoms with Crippen molar-refractivity contribution in [1.82, 2.24) is 4.98 Å². The van der Waals surface area contributed by atoms with Crippen LogP contribution in [0.4, 0.5) is 11.5 Å². The van der Waals surface area contributed by atoms with Gasteiger partial charge in [0.15, 0.2) is 0 Å². The number of amides is 1. The molecule has 0 atom stereocenters. The van der Waals surface area contributed by atoms with E-state index >= 15 is 0 Å². The number of para-hydroxylation sites is 2. The minimum absolute atomic E-state index is 0.193. The maximum atomic E-state index is 12.1. The maximum Gasteiger partial charge on any atom is 0.257 e. The van der Waals surface area contributed by atoms with Crippen LogP contribution in [0.2, 0.25) is 5.02 Å². The second kappa shape index (κ2) is 6.25. The van der Waals surface area contributed by atoms with Crippen molar-refractivity contribution in [2.45, 2.75) is 6.92 Å². The van der Waals surface area contributed by atoms with E-state index in [2.05, 4.69) is 10.3 Å². The van der Waals surface area contributed by atoms with Crippen LogP contribution in [0.3, 0.4) is 0 Å². The lowest BCUT2D eigenvalue weighted by molar-refractivity contribution is 0.102. The third-order valence-corrected chi connectivity index (χ3v) is 2.87. The number of nitrogens with zero attached hydrogens (tertiary/aromatic N) is 1. The summed E-state index contributed by atoms with van der Waals surface area (Å²) >= 11 is 5.85. The van der Waals surface area contributed by atoms with Gasteiger partial charge in [0, 0.05) is 6.20 Å². The number of hydrogen-bond acceptors (Lipinski definition) is 4. The molecule has 0 unspecified atom stereocenters. The zero-order chi connectivity index (χ0) is 14.5. The molecule has 2 rings (SSSR count). The monoisotopic (exact) mass is 291 g/mol. The number of pyridine rings is 1. The van der Waals surface area contributed by atoms with Gasteiger partial charge in [-0.25, -0.2) is 4.98 Å². The lowest BCUT2D eigenvalue weighted by Crippen LogP contribution is -2.13. The molecule has 6 heteroatoms. The van der Waals surface area contributed by atoms with Gasteiger partial charge >= 0.3 is 0 Å². The number of nitrogens with one attached hydrogen (secondary N) is 1. The van der Waals surface area contributed by atoms with Crippen LogP contribution in [0.15, 0.2) is 36.5 Å².